The molecule has 1 fully saturated rings. The number of guanidine groups is 1. The third-order valence-corrected chi connectivity index (χ3v) is 5.81. The minimum Gasteiger partial charge on any atom is -0.357 e. The largest absolute Gasteiger partial charge is 0.357 e. The average molecular weight is 513 g/mol. The highest BCUT2D eigenvalue weighted by molar-refractivity contribution is 14.0. The molecule has 0 aliphatic carbocycles. The lowest BCUT2D eigenvalue weighted by Crippen LogP contribution is -2.39. The van der Waals surface area contributed by atoms with Gasteiger partial charge >= 0.3 is 0 Å². The maximum atomic E-state index is 4.91. The van der Waals surface area contributed by atoms with E-state index in [0.717, 1.165) is 32.0 Å². The van der Waals surface area contributed by atoms with Gasteiger partial charge in [-0.25, -0.2) is 4.98 Å². The number of nitrogens with zero attached hydrogens (tertiary/aromatic N) is 3. The summed E-state index contributed by atoms with van der Waals surface area (Å²) in [7, 11) is 0. The highest BCUT2D eigenvalue weighted by Crippen LogP contribution is 2.25. The van der Waals surface area contributed by atoms with Crippen molar-refractivity contribution in [3.8, 4) is 0 Å². The molecule has 2 aromatic rings. The molecule has 1 aliphatic heterocycles. The van der Waals surface area contributed by atoms with E-state index < -0.39 is 0 Å². The molecule has 3 rings (SSSR count). The van der Waals surface area contributed by atoms with Gasteiger partial charge in [0.2, 0.25) is 0 Å². The quantitative estimate of drug-likeness (QED) is 0.318. The van der Waals surface area contributed by atoms with Crippen molar-refractivity contribution in [1.29, 1.82) is 0 Å². The van der Waals surface area contributed by atoms with E-state index in [1.807, 2.05) is 6.20 Å². The van der Waals surface area contributed by atoms with E-state index in [1.54, 1.807) is 11.3 Å². The zero-order chi connectivity index (χ0) is 18.9. The van der Waals surface area contributed by atoms with E-state index in [9.17, 15) is 0 Å². The van der Waals surface area contributed by atoms with Gasteiger partial charge in [-0.3, -0.25) is 9.89 Å². The van der Waals surface area contributed by atoms with Crippen molar-refractivity contribution in [1.82, 2.24) is 20.5 Å². The molecule has 1 atom stereocenters. The number of benzene rings is 1. The maximum absolute atomic E-state index is 4.91. The third kappa shape index (κ3) is 7.00. The standard InChI is InChI=1S/C21H31N5S.HI/c1-3-22-21(23-12-11-20-24-15-17(2)27-20)25-16-19(26-13-7-8-14-26)18-9-5-4-6-10-18;/h4-6,9-10,15,19H,3,7-8,11-14,16H2,1-2H3,(H2,22,23,25);1H. The summed E-state index contributed by atoms with van der Waals surface area (Å²) in [5.74, 6) is 0.894. The maximum Gasteiger partial charge on any atom is 0.191 e. The van der Waals surface area contributed by atoms with Crippen molar-refractivity contribution < 1.29 is 0 Å². The predicted molar refractivity (Wildman–Crippen MR) is 130 cm³/mol. The van der Waals surface area contributed by atoms with E-state index in [0.29, 0.717) is 6.04 Å². The first-order chi connectivity index (χ1) is 13.3. The molecule has 0 bridgehead atoms. The molecule has 1 saturated heterocycles. The van der Waals surface area contributed by atoms with Gasteiger partial charge in [0.05, 0.1) is 17.6 Å². The Hall–Kier alpha value is -1.19. The molecule has 0 radical (unpaired) electrons. The van der Waals surface area contributed by atoms with E-state index >= 15 is 0 Å². The van der Waals surface area contributed by atoms with Gasteiger partial charge < -0.3 is 10.6 Å². The molecule has 1 aromatic carbocycles. The molecule has 154 valence electrons. The Morgan fingerprint density at radius 1 is 1.21 bits per heavy atom. The van der Waals surface area contributed by atoms with Crippen LogP contribution in [0.15, 0.2) is 41.5 Å². The van der Waals surface area contributed by atoms with Crippen molar-refractivity contribution in [3.05, 3.63) is 52.0 Å². The lowest BCUT2D eigenvalue weighted by Gasteiger charge is -2.27. The van der Waals surface area contributed by atoms with Crippen LogP contribution in [0.1, 0.15) is 41.3 Å². The molecular formula is C21H32IN5S. The summed E-state index contributed by atoms with van der Waals surface area (Å²) in [6.07, 6.45) is 5.45. The molecule has 0 saturated carbocycles. The molecule has 7 heteroatoms. The summed E-state index contributed by atoms with van der Waals surface area (Å²) < 4.78 is 0. The van der Waals surface area contributed by atoms with Gasteiger partial charge in [0, 0.05) is 30.6 Å². The summed E-state index contributed by atoms with van der Waals surface area (Å²) in [5, 5.41) is 8.01. The number of likely N-dealkylation sites (tertiary alicyclic amines) is 1. The van der Waals surface area contributed by atoms with Crippen LogP contribution in [-0.4, -0.2) is 48.6 Å². The second-order valence-corrected chi connectivity index (χ2v) is 8.25. The number of thiazole rings is 1. The molecule has 1 aliphatic rings. The van der Waals surface area contributed by atoms with Gasteiger partial charge in [0.25, 0.3) is 0 Å². The van der Waals surface area contributed by atoms with E-state index in [2.05, 4.69) is 64.7 Å². The second-order valence-electron chi connectivity index (χ2n) is 6.93. The Bertz CT molecular complexity index is 713. The van der Waals surface area contributed by atoms with Crippen LogP contribution in [0.3, 0.4) is 0 Å². The zero-order valence-electron chi connectivity index (χ0n) is 16.9. The minimum absolute atomic E-state index is 0. The smallest absolute Gasteiger partial charge is 0.191 e. The van der Waals surface area contributed by atoms with Crippen LogP contribution in [0.2, 0.25) is 0 Å². The first-order valence-corrected chi connectivity index (χ1v) is 10.8. The van der Waals surface area contributed by atoms with Crippen molar-refractivity contribution in [2.75, 3.05) is 32.7 Å². The predicted octanol–water partition coefficient (Wildman–Crippen LogP) is 4.00. The number of aliphatic imine (C=N–C) groups is 1. The fourth-order valence-electron chi connectivity index (χ4n) is 3.48. The van der Waals surface area contributed by atoms with Crippen molar-refractivity contribution >= 4 is 41.3 Å². The molecule has 0 spiro atoms. The van der Waals surface area contributed by atoms with Crippen LogP contribution in [0.25, 0.3) is 0 Å². The third-order valence-electron chi connectivity index (χ3n) is 4.83. The molecule has 28 heavy (non-hydrogen) atoms. The van der Waals surface area contributed by atoms with Crippen molar-refractivity contribution in [2.24, 2.45) is 4.99 Å². The highest BCUT2D eigenvalue weighted by atomic mass is 127. The van der Waals surface area contributed by atoms with Gasteiger partial charge in [-0.1, -0.05) is 30.3 Å². The van der Waals surface area contributed by atoms with Gasteiger partial charge in [0.1, 0.15) is 0 Å². The fraction of sp³-hybridized carbons (Fsp3) is 0.524. The van der Waals surface area contributed by atoms with Crippen LogP contribution < -0.4 is 10.6 Å². The van der Waals surface area contributed by atoms with E-state index in [1.165, 1.54) is 41.4 Å². The molecule has 0 amide bonds. The Balaban J connectivity index is 0.00000280. The van der Waals surface area contributed by atoms with Crippen LogP contribution in [0, 0.1) is 6.92 Å². The summed E-state index contributed by atoms with van der Waals surface area (Å²) >= 11 is 1.77. The van der Waals surface area contributed by atoms with Crippen LogP contribution in [-0.2, 0) is 6.42 Å². The number of nitrogens with one attached hydrogen (secondary N) is 2. The molecular weight excluding hydrogens is 481 g/mol. The number of hydrogen-bond acceptors (Lipinski definition) is 4. The van der Waals surface area contributed by atoms with E-state index in [4.69, 9.17) is 4.99 Å². The number of hydrogen-bond donors (Lipinski definition) is 2. The van der Waals surface area contributed by atoms with Crippen LogP contribution >= 0.6 is 35.3 Å². The highest BCUT2D eigenvalue weighted by Gasteiger charge is 2.23. The monoisotopic (exact) mass is 513 g/mol. The van der Waals surface area contributed by atoms with Crippen molar-refractivity contribution in [2.45, 2.75) is 39.2 Å². The number of halogens is 1. The molecule has 2 heterocycles. The van der Waals surface area contributed by atoms with E-state index in [-0.39, 0.29) is 24.0 Å². The zero-order valence-corrected chi connectivity index (χ0v) is 20.0. The Kier molecular flexibility index (Phi) is 10.2. The van der Waals surface area contributed by atoms with Crippen molar-refractivity contribution in [3.63, 3.8) is 0 Å². The van der Waals surface area contributed by atoms with Crippen LogP contribution in [0.4, 0.5) is 0 Å². The Labute approximate surface area is 190 Å². The molecule has 5 nitrogen and oxygen atoms in total. The Morgan fingerprint density at radius 2 is 1.96 bits per heavy atom. The number of aromatic nitrogens is 1. The van der Waals surface area contributed by atoms with Gasteiger partial charge in [-0.2, -0.15) is 0 Å². The summed E-state index contributed by atoms with van der Waals surface area (Å²) in [6.45, 7) is 9.03. The average Bonchev–Trinajstić information content (AvgIpc) is 3.35. The first-order valence-electron chi connectivity index (χ1n) is 9.98. The normalized spacial score (nSPS) is 15.9. The molecule has 2 N–H and O–H groups in total. The topological polar surface area (TPSA) is 52.6 Å². The van der Waals surface area contributed by atoms with Gasteiger partial charge in [-0.15, -0.1) is 35.3 Å². The number of aryl methyl sites for hydroxylation is 1. The lowest BCUT2D eigenvalue weighted by molar-refractivity contribution is 0.251. The summed E-state index contributed by atoms with van der Waals surface area (Å²) in [4.78, 5) is 13.2. The summed E-state index contributed by atoms with van der Waals surface area (Å²) in [6, 6.07) is 11.1. The lowest BCUT2D eigenvalue weighted by atomic mass is 10.1. The number of rotatable bonds is 8. The van der Waals surface area contributed by atoms with Crippen LogP contribution in [0.5, 0.6) is 0 Å². The Morgan fingerprint density at radius 3 is 2.61 bits per heavy atom. The SMILES string of the molecule is CCNC(=NCC(c1ccccc1)N1CCCC1)NCCc1ncc(C)s1.I. The van der Waals surface area contributed by atoms with Gasteiger partial charge in [-0.05, 0) is 45.3 Å². The summed E-state index contributed by atoms with van der Waals surface area (Å²) in [5.41, 5.74) is 1.36. The molecule has 1 aromatic heterocycles. The second kappa shape index (κ2) is 12.4. The molecule has 1 unspecified atom stereocenters. The van der Waals surface area contributed by atoms with Gasteiger partial charge in [0.15, 0.2) is 5.96 Å². The fourth-order valence-corrected chi connectivity index (χ4v) is 4.27. The first kappa shape index (κ1) is 23.1. The minimum atomic E-state index is 0.